The van der Waals surface area contributed by atoms with Gasteiger partial charge in [-0.05, 0) is 6.92 Å². The maximum absolute atomic E-state index is 10.6. The zero-order valence-electron chi connectivity index (χ0n) is 6.76. The van der Waals surface area contributed by atoms with E-state index in [1.807, 2.05) is 6.92 Å². The van der Waals surface area contributed by atoms with Crippen LogP contribution in [0.5, 0.6) is 0 Å². The van der Waals surface area contributed by atoms with Crippen molar-refractivity contribution >= 4 is 5.91 Å². The number of rotatable bonds is 5. The summed E-state index contributed by atoms with van der Waals surface area (Å²) in [7, 11) is 0. The molecule has 1 unspecified atom stereocenters. The van der Waals surface area contributed by atoms with Crippen LogP contribution in [-0.4, -0.2) is 18.5 Å². The summed E-state index contributed by atoms with van der Waals surface area (Å²) in [6.45, 7) is 9.54. The molecule has 3 N–H and O–H groups in total. The minimum absolute atomic E-state index is 0.0782. The van der Waals surface area contributed by atoms with Gasteiger partial charge < -0.3 is 11.1 Å². The largest absolute Gasteiger partial charge is 0.366 e. The summed E-state index contributed by atoms with van der Waals surface area (Å²) >= 11 is 0. The molecule has 0 heterocycles. The third kappa shape index (κ3) is 3.57. The molecule has 3 nitrogen and oxygen atoms in total. The molecular weight excluding hydrogens is 140 g/mol. The summed E-state index contributed by atoms with van der Waals surface area (Å²) in [5.74, 6) is -0.464. The normalized spacial score (nSPS) is 12.1. The van der Waals surface area contributed by atoms with Crippen LogP contribution < -0.4 is 11.1 Å². The molecule has 0 rings (SSSR count). The van der Waals surface area contributed by atoms with Gasteiger partial charge in [0, 0.05) is 18.2 Å². The second kappa shape index (κ2) is 4.68. The second-order valence-electron chi connectivity index (χ2n) is 2.31. The number of carbonyl (C=O) groups excluding carboxylic acids is 1. The topological polar surface area (TPSA) is 55.1 Å². The molecule has 0 saturated heterocycles. The van der Waals surface area contributed by atoms with Gasteiger partial charge in [-0.15, -0.1) is 6.58 Å². The van der Waals surface area contributed by atoms with E-state index in [0.29, 0.717) is 12.1 Å². The highest BCUT2D eigenvalue weighted by Gasteiger charge is 2.08. The number of hydrogen-bond donors (Lipinski definition) is 2. The predicted molar refractivity (Wildman–Crippen MR) is 46.0 cm³/mol. The Labute approximate surface area is 67.0 Å². The van der Waals surface area contributed by atoms with Crippen molar-refractivity contribution in [3.63, 3.8) is 0 Å². The van der Waals surface area contributed by atoms with E-state index in [4.69, 9.17) is 5.73 Å². The van der Waals surface area contributed by atoms with E-state index in [0.717, 1.165) is 0 Å². The molecule has 11 heavy (non-hydrogen) atoms. The van der Waals surface area contributed by atoms with Crippen LogP contribution in [0.2, 0.25) is 0 Å². The molecule has 0 aromatic carbocycles. The van der Waals surface area contributed by atoms with Crippen molar-refractivity contribution in [3.8, 4) is 0 Å². The number of primary amides is 1. The summed E-state index contributed by atoms with van der Waals surface area (Å²) in [6, 6.07) is -0.0782. The van der Waals surface area contributed by atoms with Crippen molar-refractivity contribution in [1.29, 1.82) is 0 Å². The molecule has 0 spiro atoms. The van der Waals surface area contributed by atoms with Crippen LogP contribution in [0.3, 0.4) is 0 Å². The molecule has 62 valence electrons. The second-order valence-corrected chi connectivity index (χ2v) is 2.31. The van der Waals surface area contributed by atoms with Gasteiger partial charge in [0.05, 0.1) is 0 Å². The van der Waals surface area contributed by atoms with Gasteiger partial charge in [0.25, 0.3) is 0 Å². The van der Waals surface area contributed by atoms with Crippen LogP contribution >= 0.6 is 0 Å². The Morgan fingerprint density at radius 2 is 2.36 bits per heavy atom. The van der Waals surface area contributed by atoms with Crippen molar-refractivity contribution in [2.45, 2.75) is 13.0 Å². The van der Waals surface area contributed by atoms with E-state index >= 15 is 0 Å². The average Bonchev–Trinajstić information content (AvgIpc) is 1.98. The molecule has 0 aliphatic heterocycles. The zero-order valence-corrected chi connectivity index (χ0v) is 6.76. The van der Waals surface area contributed by atoms with E-state index < -0.39 is 5.91 Å². The van der Waals surface area contributed by atoms with Gasteiger partial charge in [-0.25, -0.2) is 0 Å². The van der Waals surface area contributed by atoms with Crippen molar-refractivity contribution in [1.82, 2.24) is 5.32 Å². The quantitative estimate of drug-likeness (QED) is 0.439. The predicted octanol–water partition coefficient (Wildman–Crippen LogP) is 0.192. The highest BCUT2D eigenvalue weighted by Crippen LogP contribution is 1.95. The summed E-state index contributed by atoms with van der Waals surface area (Å²) in [5.41, 5.74) is 5.40. The Morgan fingerprint density at radius 3 is 2.73 bits per heavy atom. The third-order valence-electron chi connectivity index (χ3n) is 1.41. The molecule has 3 heteroatoms. The lowest BCUT2D eigenvalue weighted by molar-refractivity contribution is -0.114. The van der Waals surface area contributed by atoms with Crippen LogP contribution in [0.4, 0.5) is 0 Å². The SMILES string of the molecule is C=CCNC(C)C(=C)C(N)=O. The summed E-state index contributed by atoms with van der Waals surface area (Å²) in [5, 5.41) is 2.99. The van der Waals surface area contributed by atoms with Gasteiger partial charge in [-0.1, -0.05) is 12.7 Å². The molecule has 0 saturated carbocycles. The minimum Gasteiger partial charge on any atom is -0.366 e. The minimum atomic E-state index is -0.464. The van der Waals surface area contributed by atoms with Crippen molar-refractivity contribution in [3.05, 3.63) is 24.8 Å². The van der Waals surface area contributed by atoms with Crippen LogP contribution in [0, 0.1) is 0 Å². The highest BCUT2D eigenvalue weighted by atomic mass is 16.1. The maximum atomic E-state index is 10.6. The third-order valence-corrected chi connectivity index (χ3v) is 1.41. The van der Waals surface area contributed by atoms with Gasteiger partial charge in [0.2, 0.25) is 5.91 Å². The molecule has 0 aromatic rings. The van der Waals surface area contributed by atoms with Gasteiger partial charge in [0.1, 0.15) is 0 Å². The molecule has 0 aromatic heterocycles. The van der Waals surface area contributed by atoms with Crippen molar-refractivity contribution in [2.75, 3.05) is 6.54 Å². The molecule has 0 bridgehead atoms. The first-order chi connectivity index (χ1) is 5.09. The molecule has 0 aliphatic rings. The first-order valence-electron chi connectivity index (χ1n) is 3.42. The average molecular weight is 154 g/mol. The van der Waals surface area contributed by atoms with Crippen LogP contribution in [0.15, 0.2) is 24.8 Å². The van der Waals surface area contributed by atoms with Crippen LogP contribution in [0.1, 0.15) is 6.92 Å². The Kier molecular flexibility index (Phi) is 4.22. The Balaban J connectivity index is 3.82. The summed E-state index contributed by atoms with van der Waals surface area (Å²) in [6.07, 6.45) is 1.71. The van der Waals surface area contributed by atoms with E-state index in [1.54, 1.807) is 6.08 Å². The molecule has 0 fully saturated rings. The fourth-order valence-electron chi connectivity index (χ4n) is 0.597. The first kappa shape index (κ1) is 9.91. The maximum Gasteiger partial charge on any atom is 0.245 e. The van der Waals surface area contributed by atoms with E-state index in [2.05, 4.69) is 18.5 Å². The fourth-order valence-corrected chi connectivity index (χ4v) is 0.597. The smallest absolute Gasteiger partial charge is 0.245 e. The van der Waals surface area contributed by atoms with Gasteiger partial charge in [0.15, 0.2) is 0 Å². The number of amides is 1. The van der Waals surface area contributed by atoms with E-state index in [9.17, 15) is 4.79 Å². The van der Waals surface area contributed by atoms with Gasteiger partial charge in [-0.3, -0.25) is 4.79 Å². The van der Waals surface area contributed by atoms with Gasteiger partial charge >= 0.3 is 0 Å². The Hall–Kier alpha value is -1.09. The lowest BCUT2D eigenvalue weighted by atomic mass is 10.1. The first-order valence-corrected chi connectivity index (χ1v) is 3.42. The van der Waals surface area contributed by atoms with Crippen molar-refractivity contribution < 1.29 is 4.79 Å². The Bertz CT molecular complexity index is 175. The zero-order chi connectivity index (χ0) is 8.85. The molecule has 0 radical (unpaired) electrons. The molecule has 1 amide bonds. The van der Waals surface area contributed by atoms with Crippen molar-refractivity contribution in [2.24, 2.45) is 5.73 Å². The molecular formula is C8H14N2O. The number of hydrogen-bond acceptors (Lipinski definition) is 2. The number of nitrogens with one attached hydrogen (secondary N) is 1. The Morgan fingerprint density at radius 1 is 1.82 bits per heavy atom. The van der Waals surface area contributed by atoms with Crippen LogP contribution in [0.25, 0.3) is 0 Å². The van der Waals surface area contributed by atoms with E-state index in [-0.39, 0.29) is 6.04 Å². The fraction of sp³-hybridized carbons (Fsp3) is 0.375. The lowest BCUT2D eigenvalue weighted by Crippen LogP contribution is -2.33. The highest BCUT2D eigenvalue weighted by molar-refractivity contribution is 5.92. The number of nitrogens with two attached hydrogens (primary N) is 1. The molecule has 1 atom stereocenters. The standard InChI is InChI=1S/C8H14N2O/c1-4-5-10-7(3)6(2)8(9)11/h4,7,10H,1-2,5H2,3H3,(H2,9,11). The summed E-state index contributed by atoms with van der Waals surface area (Å²) < 4.78 is 0. The number of carbonyl (C=O) groups is 1. The van der Waals surface area contributed by atoms with Crippen LogP contribution in [-0.2, 0) is 4.79 Å². The van der Waals surface area contributed by atoms with Gasteiger partial charge in [-0.2, -0.15) is 0 Å². The van der Waals surface area contributed by atoms with E-state index in [1.165, 1.54) is 0 Å². The summed E-state index contributed by atoms with van der Waals surface area (Å²) in [4.78, 5) is 10.6. The monoisotopic (exact) mass is 154 g/mol. The lowest BCUT2D eigenvalue weighted by Gasteiger charge is -2.11. The molecule has 0 aliphatic carbocycles.